The van der Waals surface area contributed by atoms with Crippen LogP contribution in [0.15, 0.2) is 59.8 Å². The molecule has 0 bridgehead atoms. The predicted molar refractivity (Wildman–Crippen MR) is 127 cm³/mol. The molecule has 4 rings (SSSR count). The molecule has 36 heavy (non-hydrogen) atoms. The quantitative estimate of drug-likeness (QED) is 0.391. The Morgan fingerprint density at radius 3 is 2.53 bits per heavy atom. The first-order valence-electron chi connectivity index (χ1n) is 10.1. The maximum absolute atomic E-state index is 14.9. The Kier molecular flexibility index (Phi) is 7.08. The maximum Gasteiger partial charge on any atom is 0.280 e. The average Bonchev–Trinajstić information content (AvgIpc) is 3.29. The van der Waals surface area contributed by atoms with Crippen LogP contribution in [0.3, 0.4) is 0 Å². The highest BCUT2D eigenvalue weighted by Gasteiger charge is 2.23. The molecule has 0 aliphatic heterocycles. The van der Waals surface area contributed by atoms with Crippen LogP contribution in [-0.4, -0.2) is 43.4 Å². The maximum atomic E-state index is 14.9. The van der Waals surface area contributed by atoms with Gasteiger partial charge in [-0.3, -0.25) is 19.0 Å². The number of alkyl halides is 1. The van der Waals surface area contributed by atoms with E-state index < -0.39 is 29.5 Å². The number of hydrogen-bond acceptors (Lipinski definition) is 6. The molecule has 4 aromatic rings. The largest absolute Gasteiger partial charge is 0.355 e. The molecule has 2 heterocycles. The van der Waals surface area contributed by atoms with Crippen molar-refractivity contribution in [1.82, 2.24) is 29.9 Å². The third-order valence-corrected chi connectivity index (χ3v) is 5.36. The van der Waals surface area contributed by atoms with E-state index in [0.717, 1.165) is 24.5 Å². The van der Waals surface area contributed by atoms with Gasteiger partial charge in [0.2, 0.25) is 0 Å². The van der Waals surface area contributed by atoms with Gasteiger partial charge < -0.3 is 10.6 Å². The minimum Gasteiger partial charge on any atom is -0.355 e. The van der Waals surface area contributed by atoms with E-state index in [-0.39, 0.29) is 22.1 Å². The zero-order valence-electron chi connectivity index (χ0n) is 18.2. The van der Waals surface area contributed by atoms with Gasteiger partial charge in [-0.05, 0) is 36.4 Å². The lowest BCUT2D eigenvalue weighted by molar-refractivity contribution is -0.123. The van der Waals surface area contributed by atoms with E-state index in [0.29, 0.717) is 20.8 Å². The summed E-state index contributed by atoms with van der Waals surface area (Å²) in [5.74, 6) is -2.84. The summed E-state index contributed by atoms with van der Waals surface area (Å²) in [7, 11) is 1.33. The van der Waals surface area contributed by atoms with Gasteiger partial charge in [-0.1, -0.05) is 28.4 Å². The van der Waals surface area contributed by atoms with Crippen molar-refractivity contribution in [3.05, 3.63) is 86.9 Å². The molecular weight excluding hydrogens is 519 g/mol. The Hall–Kier alpha value is -4.16. The number of amides is 2. The number of halogens is 4. The molecule has 0 spiro atoms. The number of nitrogens with zero attached hydrogens (tertiary/aromatic N) is 5. The zero-order valence-corrected chi connectivity index (χ0v) is 19.8. The van der Waals surface area contributed by atoms with Crippen molar-refractivity contribution in [3.63, 3.8) is 0 Å². The minimum atomic E-state index is -2.48. The molecule has 0 saturated carbocycles. The fourth-order valence-electron chi connectivity index (χ4n) is 3.24. The summed E-state index contributed by atoms with van der Waals surface area (Å²) in [6, 6.07) is 8.94. The molecule has 2 N–H and O–H groups in total. The number of carbonyl (C=O) groups is 2. The van der Waals surface area contributed by atoms with Crippen molar-refractivity contribution in [2.24, 2.45) is 0 Å². The van der Waals surface area contributed by atoms with Crippen molar-refractivity contribution >= 4 is 40.7 Å². The molecule has 1 unspecified atom stereocenters. The Labute approximate surface area is 211 Å². The van der Waals surface area contributed by atoms with Gasteiger partial charge in [0.15, 0.2) is 5.15 Å². The van der Waals surface area contributed by atoms with Gasteiger partial charge in [-0.2, -0.15) is 0 Å². The molecule has 10 nitrogen and oxygen atoms in total. The second-order valence-corrected chi connectivity index (χ2v) is 8.09. The van der Waals surface area contributed by atoms with E-state index in [1.807, 2.05) is 0 Å². The van der Waals surface area contributed by atoms with Crippen molar-refractivity contribution in [3.8, 4) is 16.9 Å². The van der Waals surface area contributed by atoms with Gasteiger partial charge in [0, 0.05) is 29.4 Å². The molecule has 0 aliphatic carbocycles. The standard InChI is InChI=1S/C22H15Cl2F2N7O3/c1-27-21(35)13-4-3-12(7-15(13)25)29-22(36)20(26)32-10-28-16(8-19(32)34)14-6-11(23)2-5-17(14)33-9-18(24)30-31-33/h2-10,20H,1H3,(H,27,35)(H,29,36). The highest BCUT2D eigenvalue weighted by Crippen LogP contribution is 2.28. The predicted octanol–water partition coefficient (Wildman–Crippen LogP) is 3.40. The fraction of sp³-hybridized carbons (Fsp3) is 0.0909. The Morgan fingerprint density at radius 2 is 1.89 bits per heavy atom. The van der Waals surface area contributed by atoms with E-state index in [4.69, 9.17) is 23.2 Å². The lowest BCUT2D eigenvalue weighted by atomic mass is 10.1. The first-order chi connectivity index (χ1) is 17.2. The van der Waals surface area contributed by atoms with Crippen LogP contribution >= 0.6 is 23.2 Å². The van der Waals surface area contributed by atoms with Crippen molar-refractivity contribution in [2.75, 3.05) is 12.4 Å². The smallest absolute Gasteiger partial charge is 0.280 e. The van der Waals surface area contributed by atoms with Gasteiger partial charge in [0.05, 0.1) is 23.1 Å². The minimum absolute atomic E-state index is 0.111. The van der Waals surface area contributed by atoms with E-state index in [2.05, 4.69) is 25.9 Å². The van der Waals surface area contributed by atoms with Crippen LogP contribution in [0.1, 0.15) is 16.7 Å². The monoisotopic (exact) mass is 533 g/mol. The summed E-state index contributed by atoms with van der Waals surface area (Å²) >= 11 is 11.9. The van der Waals surface area contributed by atoms with E-state index >= 15 is 0 Å². The van der Waals surface area contributed by atoms with Crippen LogP contribution in [0.4, 0.5) is 14.5 Å². The summed E-state index contributed by atoms with van der Waals surface area (Å²) in [6.07, 6.45) is -0.189. The van der Waals surface area contributed by atoms with Crippen LogP contribution < -0.4 is 16.2 Å². The summed E-state index contributed by atoms with van der Waals surface area (Å²) in [5.41, 5.74) is -0.302. The summed E-state index contributed by atoms with van der Waals surface area (Å²) in [5, 5.41) is 12.5. The first kappa shape index (κ1) is 24.9. The number of nitrogens with one attached hydrogen (secondary N) is 2. The van der Waals surface area contributed by atoms with Crippen LogP contribution in [0.25, 0.3) is 16.9 Å². The van der Waals surface area contributed by atoms with Crippen molar-refractivity contribution in [2.45, 2.75) is 6.30 Å². The summed E-state index contributed by atoms with van der Waals surface area (Å²) < 4.78 is 30.8. The summed E-state index contributed by atoms with van der Waals surface area (Å²) in [6.45, 7) is 0. The molecule has 2 amide bonds. The second kappa shape index (κ2) is 10.2. The Bertz CT molecular complexity index is 1540. The van der Waals surface area contributed by atoms with E-state index in [1.54, 1.807) is 12.1 Å². The number of anilines is 1. The molecule has 0 radical (unpaired) electrons. The first-order valence-corrected chi connectivity index (χ1v) is 10.9. The van der Waals surface area contributed by atoms with Gasteiger partial charge in [-0.15, -0.1) is 5.10 Å². The third-order valence-electron chi connectivity index (χ3n) is 4.95. The van der Waals surface area contributed by atoms with Gasteiger partial charge in [0.25, 0.3) is 23.7 Å². The van der Waals surface area contributed by atoms with E-state index in [1.165, 1.54) is 30.1 Å². The van der Waals surface area contributed by atoms with Crippen LogP contribution in [-0.2, 0) is 4.79 Å². The highest BCUT2D eigenvalue weighted by atomic mass is 35.5. The molecule has 184 valence electrons. The zero-order chi connectivity index (χ0) is 26.0. The SMILES string of the molecule is CNC(=O)c1ccc(NC(=O)C(F)n2cnc(-c3cc(Cl)ccc3-n3cc(Cl)nn3)cc2=O)cc1F. The molecule has 0 aliphatic rings. The number of rotatable bonds is 6. The molecule has 2 aromatic heterocycles. The lowest BCUT2D eigenvalue weighted by Crippen LogP contribution is -2.31. The van der Waals surface area contributed by atoms with Gasteiger partial charge >= 0.3 is 0 Å². The lowest BCUT2D eigenvalue weighted by Gasteiger charge is -2.14. The number of hydrogen-bond donors (Lipinski definition) is 2. The molecule has 1 atom stereocenters. The third kappa shape index (κ3) is 5.09. The summed E-state index contributed by atoms with van der Waals surface area (Å²) in [4.78, 5) is 40.7. The Balaban J connectivity index is 1.59. The normalized spacial score (nSPS) is 11.7. The van der Waals surface area contributed by atoms with Crippen LogP contribution in [0.5, 0.6) is 0 Å². The van der Waals surface area contributed by atoms with E-state index in [9.17, 15) is 23.2 Å². The average molecular weight is 534 g/mol. The Morgan fingerprint density at radius 1 is 1.11 bits per heavy atom. The van der Waals surface area contributed by atoms with Crippen LogP contribution in [0.2, 0.25) is 10.2 Å². The molecule has 2 aromatic carbocycles. The molecule has 0 saturated heterocycles. The van der Waals surface area contributed by atoms with Gasteiger partial charge in [0.1, 0.15) is 12.1 Å². The van der Waals surface area contributed by atoms with Gasteiger partial charge in [-0.25, -0.2) is 18.4 Å². The topological polar surface area (TPSA) is 124 Å². The second-order valence-electron chi connectivity index (χ2n) is 7.27. The van der Waals surface area contributed by atoms with Crippen molar-refractivity contribution < 1.29 is 18.4 Å². The van der Waals surface area contributed by atoms with Crippen molar-refractivity contribution in [1.29, 1.82) is 0 Å². The molecular formula is C22H15Cl2F2N7O3. The highest BCUT2D eigenvalue weighted by molar-refractivity contribution is 6.31. The van der Waals surface area contributed by atoms with Crippen LogP contribution in [0, 0.1) is 5.82 Å². The number of carbonyl (C=O) groups excluding carboxylic acids is 2. The fourth-order valence-corrected chi connectivity index (χ4v) is 3.54. The number of aromatic nitrogens is 5. The number of benzene rings is 2. The molecule has 0 fully saturated rings. The molecule has 14 heteroatoms.